The third-order valence-electron chi connectivity index (χ3n) is 6.74. The number of alkyl halides is 3. The van der Waals surface area contributed by atoms with Crippen LogP contribution < -0.4 is 16.0 Å². The molecule has 0 unspecified atom stereocenters. The van der Waals surface area contributed by atoms with Crippen molar-refractivity contribution in [1.82, 2.24) is 20.6 Å². The Kier molecular flexibility index (Phi) is 7.57. The molecule has 0 aliphatic heterocycles. The number of carbonyl (C=O) groups excluding carboxylic acids is 1. The van der Waals surface area contributed by atoms with Crippen molar-refractivity contribution in [1.29, 1.82) is 0 Å². The van der Waals surface area contributed by atoms with Crippen molar-refractivity contribution in [3.8, 4) is 0 Å². The summed E-state index contributed by atoms with van der Waals surface area (Å²) < 4.78 is 38.6. The lowest BCUT2D eigenvalue weighted by molar-refractivity contribution is -0.137. The molecule has 2 aliphatic rings. The second kappa shape index (κ2) is 10.6. The van der Waals surface area contributed by atoms with Crippen LogP contribution >= 0.6 is 0 Å². The van der Waals surface area contributed by atoms with Gasteiger partial charge in [0.15, 0.2) is 5.96 Å². The fourth-order valence-electron chi connectivity index (χ4n) is 4.74. The fraction of sp³-hybridized carbons (Fsp3) is 0.520. The van der Waals surface area contributed by atoms with Crippen molar-refractivity contribution >= 4 is 17.8 Å². The molecule has 0 atom stereocenters. The van der Waals surface area contributed by atoms with Crippen LogP contribution in [-0.4, -0.2) is 39.5 Å². The summed E-state index contributed by atoms with van der Waals surface area (Å²) in [5.74, 6) is 0.519. The van der Waals surface area contributed by atoms with Crippen LogP contribution in [0.2, 0.25) is 0 Å². The Morgan fingerprint density at radius 3 is 2.26 bits per heavy atom. The molecule has 2 fully saturated rings. The highest BCUT2D eigenvalue weighted by molar-refractivity contribution is 6.05. The number of amides is 1. The number of nitrogens with zero attached hydrogens (tertiary/aromatic N) is 3. The van der Waals surface area contributed by atoms with Gasteiger partial charge in [0.2, 0.25) is 5.95 Å². The summed E-state index contributed by atoms with van der Waals surface area (Å²) in [6.45, 7) is 2.11. The number of rotatable bonds is 5. The number of aliphatic imine (C=N–C) groups is 1. The van der Waals surface area contributed by atoms with Gasteiger partial charge < -0.3 is 10.6 Å². The molecule has 1 aromatic heterocycles. The molecule has 1 amide bonds. The van der Waals surface area contributed by atoms with Crippen LogP contribution in [0.4, 0.5) is 19.1 Å². The minimum absolute atomic E-state index is 0.0325. The number of carbonyl (C=O) groups is 1. The van der Waals surface area contributed by atoms with Gasteiger partial charge in [-0.2, -0.15) is 13.2 Å². The lowest BCUT2D eigenvalue weighted by Crippen LogP contribution is -2.51. The molecule has 0 radical (unpaired) electrons. The van der Waals surface area contributed by atoms with Gasteiger partial charge in [0, 0.05) is 29.5 Å². The summed E-state index contributed by atoms with van der Waals surface area (Å²) in [4.78, 5) is 26.1. The van der Waals surface area contributed by atoms with Gasteiger partial charge in [0.05, 0.1) is 11.6 Å². The largest absolute Gasteiger partial charge is 0.416 e. The van der Waals surface area contributed by atoms with Crippen LogP contribution in [0.15, 0.2) is 47.7 Å². The van der Waals surface area contributed by atoms with E-state index in [0.29, 0.717) is 11.9 Å². The van der Waals surface area contributed by atoms with Crippen molar-refractivity contribution < 1.29 is 18.0 Å². The monoisotopic (exact) mass is 488 g/mol. The Morgan fingerprint density at radius 2 is 1.66 bits per heavy atom. The summed E-state index contributed by atoms with van der Waals surface area (Å²) in [6, 6.07) is 6.28. The maximum absolute atomic E-state index is 12.9. The summed E-state index contributed by atoms with van der Waals surface area (Å²) in [6.07, 6.45) is 6.55. The predicted octanol–water partition coefficient (Wildman–Crippen LogP) is 4.93. The number of hydrogen-bond acceptors (Lipinski definition) is 5. The molecule has 7 nitrogen and oxygen atoms in total. The Labute approximate surface area is 203 Å². The molecule has 2 saturated carbocycles. The molecule has 3 N–H and O–H groups in total. The molecule has 0 saturated heterocycles. The number of benzene rings is 1. The van der Waals surface area contributed by atoms with Crippen LogP contribution in [0.3, 0.4) is 0 Å². The number of halogens is 3. The Hall–Kier alpha value is -3.17. The quantitative estimate of drug-likeness (QED) is 0.410. The second-order valence-electron chi connectivity index (χ2n) is 9.62. The Bertz CT molecular complexity index is 1010. The normalized spacial score (nSPS) is 22.5. The summed E-state index contributed by atoms with van der Waals surface area (Å²) in [5, 5.41) is 9.61. The van der Waals surface area contributed by atoms with Gasteiger partial charge in [0.1, 0.15) is 0 Å². The van der Waals surface area contributed by atoms with Crippen molar-refractivity contribution in [2.24, 2.45) is 4.99 Å². The third kappa shape index (κ3) is 6.93. The highest BCUT2D eigenvalue weighted by Gasteiger charge is 2.32. The standard InChI is InChI=1S/C25H31F3N6O/c1-24(13-2-3-14-24)34-23(33-21(35)17-5-7-18(8-6-17)25(26,27)28)32-20-11-9-19(10-12-20)31-22-29-15-4-16-30-22/h4-8,15-16,19-20H,2-3,9-14H2,1H3,(H,29,30,31)(H2,32,33,34,35). The second-order valence-corrected chi connectivity index (χ2v) is 9.62. The van der Waals surface area contributed by atoms with Crippen LogP contribution in [-0.2, 0) is 6.18 Å². The maximum Gasteiger partial charge on any atom is 0.416 e. The first-order valence-electron chi connectivity index (χ1n) is 12.1. The smallest absolute Gasteiger partial charge is 0.351 e. The zero-order chi connectivity index (χ0) is 24.9. The number of aromatic nitrogens is 2. The molecule has 0 bridgehead atoms. The lowest BCUT2D eigenvalue weighted by atomic mass is 9.91. The molecule has 2 aliphatic carbocycles. The van der Waals surface area contributed by atoms with Crippen molar-refractivity contribution in [2.75, 3.05) is 5.32 Å². The van der Waals surface area contributed by atoms with Crippen LogP contribution in [0.25, 0.3) is 0 Å². The van der Waals surface area contributed by atoms with E-state index in [0.717, 1.165) is 63.5 Å². The molecule has 188 valence electrons. The molecule has 0 spiro atoms. The van der Waals surface area contributed by atoms with Gasteiger partial charge in [-0.3, -0.25) is 10.1 Å². The molecule has 1 heterocycles. The van der Waals surface area contributed by atoms with Gasteiger partial charge in [-0.25, -0.2) is 15.0 Å². The van der Waals surface area contributed by atoms with E-state index in [-0.39, 0.29) is 23.2 Å². The number of guanidine groups is 1. The van der Waals surface area contributed by atoms with Crippen LogP contribution in [0.5, 0.6) is 0 Å². The van der Waals surface area contributed by atoms with Gasteiger partial charge in [-0.15, -0.1) is 0 Å². The zero-order valence-corrected chi connectivity index (χ0v) is 19.7. The first-order chi connectivity index (χ1) is 16.7. The van der Waals surface area contributed by atoms with E-state index in [1.54, 1.807) is 18.5 Å². The first-order valence-corrected chi connectivity index (χ1v) is 12.1. The molecule has 10 heteroatoms. The van der Waals surface area contributed by atoms with Gasteiger partial charge >= 0.3 is 6.18 Å². The molecular formula is C25H31F3N6O. The highest BCUT2D eigenvalue weighted by atomic mass is 19.4. The summed E-state index contributed by atoms with van der Waals surface area (Å²) >= 11 is 0. The minimum atomic E-state index is -4.44. The van der Waals surface area contributed by atoms with Crippen LogP contribution in [0.1, 0.15) is 74.2 Å². The molecule has 1 aromatic carbocycles. The van der Waals surface area contributed by atoms with Gasteiger partial charge in [-0.05, 0) is 75.8 Å². The van der Waals surface area contributed by atoms with Crippen molar-refractivity contribution in [3.63, 3.8) is 0 Å². The first kappa shape index (κ1) is 24.9. The molecule has 2 aromatic rings. The van der Waals surface area contributed by atoms with Crippen LogP contribution in [0, 0.1) is 0 Å². The number of hydrogen-bond donors (Lipinski definition) is 3. The topological polar surface area (TPSA) is 91.3 Å². The number of anilines is 1. The Morgan fingerprint density at radius 1 is 1.03 bits per heavy atom. The average Bonchev–Trinajstić information content (AvgIpc) is 3.26. The van der Waals surface area contributed by atoms with E-state index in [4.69, 9.17) is 4.99 Å². The fourth-order valence-corrected chi connectivity index (χ4v) is 4.74. The molecule has 35 heavy (non-hydrogen) atoms. The van der Waals surface area contributed by atoms with Gasteiger partial charge in [-0.1, -0.05) is 12.8 Å². The van der Waals surface area contributed by atoms with Gasteiger partial charge in [0.25, 0.3) is 5.91 Å². The predicted molar refractivity (Wildman–Crippen MR) is 128 cm³/mol. The Balaban J connectivity index is 1.42. The van der Waals surface area contributed by atoms with E-state index in [2.05, 4.69) is 32.8 Å². The van der Waals surface area contributed by atoms with E-state index >= 15 is 0 Å². The average molecular weight is 489 g/mol. The maximum atomic E-state index is 12.9. The van der Waals surface area contributed by atoms with Crippen molar-refractivity contribution in [2.45, 2.75) is 82.1 Å². The van der Waals surface area contributed by atoms with E-state index in [1.807, 2.05) is 0 Å². The van der Waals surface area contributed by atoms with Crippen molar-refractivity contribution in [3.05, 3.63) is 53.9 Å². The summed E-state index contributed by atoms with van der Waals surface area (Å²) in [5.41, 5.74) is -0.805. The van der Waals surface area contributed by atoms with E-state index in [9.17, 15) is 18.0 Å². The SMILES string of the molecule is CC1(NC(=NC2CCC(Nc3ncccn3)CC2)NC(=O)c2ccc(C(F)(F)F)cc2)CCCC1. The molecule has 4 rings (SSSR count). The summed E-state index contributed by atoms with van der Waals surface area (Å²) in [7, 11) is 0. The van der Waals surface area contributed by atoms with E-state index < -0.39 is 17.6 Å². The number of nitrogens with one attached hydrogen (secondary N) is 3. The minimum Gasteiger partial charge on any atom is -0.351 e. The molecular weight excluding hydrogens is 457 g/mol. The van der Waals surface area contributed by atoms with E-state index in [1.165, 1.54) is 12.1 Å². The highest BCUT2D eigenvalue weighted by Crippen LogP contribution is 2.30. The third-order valence-corrected chi connectivity index (χ3v) is 6.74. The lowest BCUT2D eigenvalue weighted by Gasteiger charge is -2.30. The zero-order valence-electron chi connectivity index (χ0n) is 19.7.